The van der Waals surface area contributed by atoms with Crippen molar-refractivity contribution < 1.29 is 18.3 Å². The molecule has 38 heavy (non-hydrogen) atoms. The Hall–Kier alpha value is -3.65. The molecule has 5 rings (SSSR count). The maximum absolute atomic E-state index is 14.9. The lowest BCUT2D eigenvalue weighted by atomic mass is 9.82. The molecule has 2 aromatic carbocycles. The van der Waals surface area contributed by atoms with E-state index in [0.29, 0.717) is 33.9 Å². The molecule has 0 spiro atoms. The van der Waals surface area contributed by atoms with Gasteiger partial charge in [-0.15, -0.1) is 0 Å². The molecule has 1 aliphatic rings. The van der Waals surface area contributed by atoms with Crippen molar-refractivity contribution in [3.8, 4) is 0 Å². The van der Waals surface area contributed by atoms with Gasteiger partial charge in [0.15, 0.2) is 0 Å². The van der Waals surface area contributed by atoms with Crippen LogP contribution in [0.4, 0.5) is 19.3 Å². The van der Waals surface area contributed by atoms with E-state index in [9.17, 15) is 18.4 Å². The van der Waals surface area contributed by atoms with Gasteiger partial charge in [-0.2, -0.15) is 10.2 Å². The number of ether oxygens (including phenoxy) is 1. The number of anilines is 1. The molecule has 2 atom stereocenters. The molecule has 1 aliphatic heterocycles. The van der Waals surface area contributed by atoms with Crippen LogP contribution < -0.4 is 15.8 Å². The summed E-state index contributed by atoms with van der Waals surface area (Å²) in [6.07, 6.45) is 2.68. The van der Waals surface area contributed by atoms with Crippen molar-refractivity contribution in [1.29, 1.82) is 0 Å². The first-order valence-electron chi connectivity index (χ1n) is 11.5. The Morgan fingerprint density at radius 1 is 1.21 bits per heavy atom. The van der Waals surface area contributed by atoms with Crippen molar-refractivity contribution in [3.05, 3.63) is 81.8 Å². The van der Waals surface area contributed by atoms with E-state index in [1.54, 1.807) is 50.3 Å². The zero-order chi connectivity index (χ0) is 26.8. The maximum Gasteiger partial charge on any atom is 0.408 e. The summed E-state index contributed by atoms with van der Waals surface area (Å²) in [5.74, 6) is -0.548. The number of aryl methyl sites for hydroxylation is 1. The molecular weight excluding hydrogens is 536 g/mol. The van der Waals surface area contributed by atoms with E-state index < -0.39 is 35.2 Å². The van der Waals surface area contributed by atoms with Gasteiger partial charge in [-0.1, -0.05) is 33.7 Å². The third kappa shape index (κ3) is 4.92. The third-order valence-corrected chi connectivity index (χ3v) is 8.04. The van der Waals surface area contributed by atoms with E-state index in [1.165, 1.54) is 24.5 Å². The molecule has 0 saturated carbocycles. The summed E-state index contributed by atoms with van der Waals surface area (Å²) in [7, 11) is 4.85. The Labute approximate surface area is 223 Å². The van der Waals surface area contributed by atoms with Gasteiger partial charge in [0.25, 0.3) is 5.56 Å². The number of aromatic amines is 1. The number of benzene rings is 2. The van der Waals surface area contributed by atoms with E-state index in [0.717, 1.165) is 6.07 Å². The number of hydrogen-bond donors (Lipinski definition) is 2. The number of nitrogens with zero attached hydrogens (tertiary/aromatic N) is 5. The Balaban J connectivity index is 1.66. The van der Waals surface area contributed by atoms with Crippen LogP contribution in [0.3, 0.4) is 0 Å². The SMILES string of the molecule is CSSCCOC(=O)NCN1c2cc(F)cc3c(=O)[nH]nc(c23)[C@H](c2ncnn2C)[C@H]1c1ccc(F)cc1. The van der Waals surface area contributed by atoms with Crippen LogP contribution in [0.15, 0.2) is 47.5 Å². The van der Waals surface area contributed by atoms with Gasteiger partial charge in [-0.3, -0.25) is 9.48 Å². The molecule has 10 nitrogen and oxygen atoms in total. The molecule has 0 unspecified atom stereocenters. The number of aromatic nitrogens is 5. The van der Waals surface area contributed by atoms with E-state index in [1.807, 2.05) is 6.26 Å². The number of alkyl carbamates (subject to hydrolysis) is 1. The van der Waals surface area contributed by atoms with Gasteiger partial charge in [0.05, 0.1) is 35.4 Å². The van der Waals surface area contributed by atoms with Crippen molar-refractivity contribution in [2.45, 2.75) is 12.0 Å². The molecule has 198 valence electrons. The fourth-order valence-electron chi connectivity index (χ4n) is 4.72. The standard InChI is InChI=1S/C24H23F2N7O3S2/c1-32-22(27-11-29-32)19-20-18-16(23(34)31-30-20)9-15(26)10-17(18)33(12-28-24(35)36-7-8-38-37-2)21(19)13-3-5-14(25)6-4-13/h3-6,9-11,19,21H,7-8,12H2,1-2H3,(H,28,35)(H,31,34)/t19-,21+/m0/s1. The van der Waals surface area contributed by atoms with Crippen LogP contribution in [0.25, 0.3) is 10.8 Å². The van der Waals surface area contributed by atoms with Crippen LogP contribution in [-0.4, -0.2) is 56.3 Å². The molecular formula is C24H23F2N7O3S2. The monoisotopic (exact) mass is 559 g/mol. The number of H-pyrrole nitrogens is 1. The van der Waals surface area contributed by atoms with Gasteiger partial charge >= 0.3 is 6.09 Å². The minimum absolute atomic E-state index is 0.101. The second kappa shape index (κ2) is 11.0. The Bertz CT molecular complexity index is 1530. The number of halogens is 2. The fraction of sp³-hybridized carbons (Fsp3) is 0.292. The minimum Gasteiger partial charge on any atom is -0.449 e. The average Bonchev–Trinajstić information content (AvgIpc) is 3.33. The molecule has 1 amide bonds. The average molecular weight is 560 g/mol. The van der Waals surface area contributed by atoms with Crippen LogP contribution in [0, 0.1) is 11.6 Å². The lowest BCUT2D eigenvalue weighted by Crippen LogP contribution is -2.45. The topological polar surface area (TPSA) is 118 Å². The fourth-order valence-corrected chi connectivity index (χ4v) is 5.74. The van der Waals surface area contributed by atoms with Gasteiger partial charge in [-0.05, 0) is 36.1 Å². The van der Waals surface area contributed by atoms with E-state index in [-0.39, 0.29) is 18.7 Å². The highest BCUT2D eigenvalue weighted by atomic mass is 33.1. The van der Waals surface area contributed by atoms with Gasteiger partial charge in [0.1, 0.15) is 30.4 Å². The summed E-state index contributed by atoms with van der Waals surface area (Å²) in [6.45, 7) is 0.113. The summed E-state index contributed by atoms with van der Waals surface area (Å²) in [5.41, 5.74) is 0.898. The molecule has 0 radical (unpaired) electrons. The number of amides is 1. The van der Waals surface area contributed by atoms with Gasteiger partial charge in [0, 0.05) is 18.2 Å². The number of rotatable bonds is 8. The predicted molar refractivity (Wildman–Crippen MR) is 142 cm³/mol. The number of carbonyl (C=O) groups is 1. The lowest BCUT2D eigenvalue weighted by molar-refractivity contribution is 0.153. The zero-order valence-corrected chi connectivity index (χ0v) is 22.0. The highest BCUT2D eigenvalue weighted by molar-refractivity contribution is 8.76. The summed E-state index contributed by atoms with van der Waals surface area (Å²) < 4.78 is 35.6. The third-order valence-electron chi connectivity index (χ3n) is 6.26. The van der Waals surface area contributed by atoms with E-state index in [4.69, 9.17) is 4.74 Å². The van der Waals surface area contributed by atoms with Crippen molar-refractivity contribution in [2.24, 2.45) is 7.05 Å². The van der Waals surface area contributed by atoms with E-state index in [2.05, 4.69) is 25.6 Å². The van der Waals surface area contributed by atoms with Crippen molar-refractivity contribution >= 4 is 44.1 Å². The lowest BCUT2D eigenvalue weighted by Gasteiger charge is -2.42. The van der Waals surface area contributed by atoms with Crippen molar-refractivity contribution in [1.82, 2.24) is 30.3 Å². The Morgan fingerprint density at radius 3 is 2.71 bits per heavy atom. The van der Waals surface area contributed by atoms with Gasteiger partial charge < -0.3 is 15.0 Å². The summed E-state index contributed by atoms with van der Waals surface area (Å²) in [5, 5.41) is 14.3. The van der Waals surface area contributed by atoms with Crippen LogP contribution in [0.2, 0.25) is 0 Å². The van der Waals surface area contributed by atoms with Crippen molar-refractivity contribution in [3.63, 3.8) is 0 Å². The molecule has 3 heterocycles. The second-order valence-electron chi connectivity index (χ2n) is 8.43. The molecule has 4 aromatic rings. The minimum atomic E-state index is -0.651. The Morgan fingerprint density at radius 2 is 2.00 bits per heavy atom. The van der Waals surface area contributed by atoms with Crippen LogP contribution in [-0.2, 0) is 11.8 Å². The molecule has 0 aliphatic carbocycles. The summed E-state index contributed by atoms with van der Waals surface area (Å²) in [4.78, 5) is 31.4. The quantitative estimate of drug-likeness (QED) is 0.246. The van der Waals surface area contributed by atoms with Crippen LogP contribution >= 0.6 is 21.6 Å². The van der Waals surface area contributed by atoms with Crippen LogP contribution in [0.1, 0.15) is 29.0 Å². The predicted octanol–water partition coefficient (Wildman–Crippen LogP) is 3.72. The van der Waals surface area contributed by atoms with Gasteiger partial charge in [-0.25, -0.2) is 23.7 Å². The number of carbonyl (C=O) groups excluding carboxylic acids is 1. The summed E-state index contributed by atoms with van der Waals surface area (Å²) >= 11 is 0. The number of nitrogens with one attached hydrogen (secondary N) is 2. The van der Waals surface area contributed by atoms with Crippen LogP contribution in [0.5, 0.6) is 0 Å². The molecule has 0 bridgehead atoms. The molecule has 0 saturated heterocycles. The first-order chi connectivity index (χ1) is 18.4. The largest absolute Gasteiger partial charge is 0.449 e. The molecule has 2 N–H and O–H groups in total. The zero-order valence-electron chi connectivity index (χ0n) is 20.4. The second-order valence-corrected chi connectivity index (χ2v) is 11.1. The first-order valence-corrected chi connectivity index (χ1v) is 14.3. The normalized spacial score (nSPS) is 16.6. The Kier molecular flexibility index (Phi) is 7.51. The molecule has 0 fully saturated rings. The highest BCUT2D eigenvalue weighted by Crippen LogP contribution is 2.49. The number of hydrogen-bond acceptors (Lipinski definition) is 9. The maximum atomic E-state index is 14.9. The molecule has 14 heteroatoms. The molecule has 2 aromatic heterocycles. The smallest absolute Gasteiger partial charge is 0.408 e. The summed E-state index contributed by atoms with van der Waals surface area (Å²) in [6, 6.07) is 7.67. The van der Waals surface area contributed by atoms with E-state index >= 15 is 0 Å². The van der Waals surface area contributed by atoms with Crippen molar-refractivity contribution in [2.75, 3.05) is 30.2 Å². The van der Waals surface area contributed by atoms with Gasteiger partial charge in [0.2, 0.25) is 0 Å². The first kappa shape index (κ1) is 26.0. The highest BCUT2D eigenvalue weighted by Gasteiger charge is 2.42.